The summed E-state index contributed by atoms with van der Waals surface area (Å²) >= 11 is 0. The summed E-state index contributed by atoms with van der Waals surface area (Å²) in [5, 5.41) is 26.4. The molecule has 4 nitrogen and oxygen atoms in total. The normalized spacial score (nSPS) is 18.8. The van der Waals surface area contributed by atoms with Gasteiger partial charge in [0, 0.05) is 19.1 Å². The van der Waals surface area contributed by atoms with Crippen LogP contribution in [0.5, 0.6) is 0 Å². The molecule has 0 radical (unpaired) electrons. The van der Waals surface area contributed by atoms with Crippen molar-refractivity contribution in [1.29, 1.82) is 0 Å². The van der Waals surface area contributed by atoms with E-state index in [-0.39, 0.29) is 25.0 Å². The van der Waals surface area contributed by atoms with Crippen LogP contribution in [0.15, 0.2) is 0 Å². The summed E-state index contributed by atoms with van der Waals surface area (Å²) in [4.78, 5) is 0. The van der Waals surface area contributed by atoms with Gasteiger partial charge in [0.2, 0.25) is 0 Å². The number of hydrogen-bond donors (Lipinski definition) is 4. The maximum atomic E-state index is 8.98. The summed E-state index contributed by atoms with van der Waals surface area (Å²) in [5.74, 6) is 0.0110. The molecule has 5 N–H and O–H groups in total. The molecule has 0 aliphatic rings. The molecule has 3 atom stereocenters. The quantitative estimate of drug-likeness (QED) is 0.403. The second-order valence-electron chi connectivity index (χ2n) is 3.29. The number of rotatable bonds is 6. The van der Waals surface area contributed by atoms with Crippen molar-refractivity contribution in [3.05, 3.63) is 0 Å². The van der Waals surface area contributed by atoms with Gasteiger partial charge in [0.15, 0.2) is 0 Å². The van der Waals surface area contributed by atoms with Crippen LogP contribution in [0, 0.1) is 11.8 Å². The average Bonchev–Trinajstić information content (AvgIpc) is 2.00. The van der Waals surface area contributed by atoms with Crippen molar-refractivity contribution in [1.82, 2.24) is 0 Å². The molecule has 0 spiro atoms. The van der Waals surface area contributed by atoms with Gasteiger partial charge in [0.25, 0.3) is 0 Å². The Hall–Kier alpha value is -0.160. The van der Waals surface area contributed by atoms with Gasteiger partial charge in [-0.1, -0.05) is 6.92 Å². The third-order valence-corrected chi connectivity index (χ3v) is 2.04. The lowest BCUT2D eigenvalue weighted by Crippen LogP contribution is -2.33. The fraction of sp³-hybridized carbons (Fsp3) is 1.00. The molecule has 0 aromatic carbocycles. The molecule has 0 amide bonds. The van der Waals surface area contributed by atoms with E-state index >= 15 is 0 Å². The minimum absolute atomic E-state index is 0.104. The third-order valence-electron chi connectivity index (χ3n) is 2.04. The summed E-state index contributed by atoms with van der Waals surface area (Å²) in [6.45, 7) is 1.99. The van der Waals surface area contributed by atoms with Crippen LogP contribution in [0.3, 0.4) is 0 Å². The highest BCUT2D eigenvalue weighted by Gasteiger charge is 2.17. The summed E-state index contributed by atoms with van der Waals surface area (Å²) in [6, 6.07) is 0. The van der Waals surface area contributed by atoms with Crippen LogP contribution in [0.1, 0.15) is 19.8 Å². The Morgan fingerprint density at radius 2 is 1.92 bits per heavy atom. The van der Waals surface area contributed by atoms with Crippen LogP contribution in [0.2, 0.25) is 0 Å². The second-order valence-corrected chi connectivity index (χ2v) is 3.29. The van der Waals surface area contributed by atoms with E-state index < -0.39 is 6.23 Å². The Kier molecular flexibility index (Phi) is 6.28. The zero-order chi connectivity index (χ0) is 9.56. The standard InChI is InChI=1S/C8H19NO3/c1-6(2-3-10)4-7(5-11)8(9)12/h6-8,10-12H,2-5,9H2,1H3. The predicted octanol–water partition coefficient (Wildman–Crippen LogP) is -0.719. The maximum Gasteiger partial charge on any atom is 0.107 e. The molecule has 3 unspecified atom stereocenters. The number of aliphatic hydroxyl groups is 3. The van der Waals surface area contributed by atoms with Crippen LogP contribution < -0.4 is 5.73 Å². The molecule has 0 aliphatic carbocycles. The van der Waals surface area contributed by atoms with Gasteiger partial charge in [-0.15, -0.1) is 0 Å². The zero-order valence-electron chi connectivity index (χ0n) is 7.48. The van der Waals surface area contributed by atoms with Crippen molar-refractivity contribution >= 4 is 0 Å². The highest BCUT2D eigenvalue weighted by Crippen LogP contribution is 2.15. The van der Waals surface area contributed by atoms with E-state index in [4.69, 9.17) is 21.1 Å². The zero-order valence-corrected chi connectivity index (χ0v) is 7.48. The summed E-state index contributed by atoms with van der Waals surface area (Å²) < 4.78 is 0. The first-order chi connectivity index (χ1) is 5.61. The molecule has 74 valence electrons. The predicted molar refractivity (Wildman–Crippen MR) is 46.3 cm³/mol. The number of hydrogen-bond acceptors (Lipinski definition) is 4. The van der Waals surface area contributed by atoms with Gasteiger partial charge < -0.3 is 21.1 Å². The Bertz CT molecular complexity index is 108. The van der Waals surface area contributed by atoms with Crippen LogP contribution in [-0.2, 0) is 0 Å². The fourth-order valence-electron chi connectivity index (χ4n) is 1.18. The Morgan fingerprint density at radius 1 is 1.33 bits per heavy atom. The van der Waals surface area contributed by atoms with Crippen LogP contribution in [0.25, 0.3) is 0 Å². The van der Waals surface area contributed by atoms with Gasteiger partial charge in [-0.05, 0) is 18.8 Å². The monoisotopic (exact) mass is 177 g/mol. The van der Waals surface area contributed by atoms with Crippen molar-refractivity contribution in [2.75, 3.05) is 13.2 Å². The largest absolute Gasteiger partial charge is 0.396 e. The highest BCUT2D eigenvalue weighted by molar-refractivity contribution is 4.66. The minimum Gasteiger partial charge on any atom is -0.396 e. The molecule has 0 fully saturated rings. The first-order valence-electron chi connectivity index (χ1n) is 4.27. The first kappa shape index (κ1) is 11.8. The van der Waals surface area contributed by atoms with Gasteiger partial charge in [0.1, 0.15) is 6.23 Å². The lowest BCUT2D eigenvalue weighted by Gasteiger charge is -2.20. The first-order valence-corrected chi connectivity index (χ1v) is 4.27. The molecule has 0 rings (SSSR count). The van der Waals surface area contributed by atoms with Crippen LogP contribution in [-0.4, -0.2) is 34.8 Å². The van der Waals surface area contributed by atoms with Crippen LogP contribution in [0.4, 0.5) is 0 Å². The molecule has 12 heavy (non-hydrogen) atoms. The Labute approximate surface area is 73.0 Å². The molecule has 0 saturated heterocycles. The van der Waals surface area contributed by atoms with Crippen molar-refractivity contribution in [2.45, 2.75) is 26.0 Å². The summed E-state index contributed by atoms with van der Waals surface area (Å²) in [7, 11) is 0. The molecule has 0 aliphatic heterocycles. The van der Waals surface area contributed by atoms with Crippen LogP contribution >= 0.6 is 0 Å². The SMILES string of the molecule is CC(CCO)CC(CO)C(N)O. The van der Waals surface area contributed by atoms with Gasteiger partial charge >= 0.3 is 0 Å². The molecule has 4 heteroatoms. The van der Waals surface area contributed by atoms with Crippen molar-refractivity contribution in [3.8, 4) is 0 Å². The van der Waals surface area contributed by atoms with Gasteiger partial charge in [0.05, 0.1) is 0 Å². The molecule has 0 saturated carbocycles. The van der Waals surface area contributed by atoms with Gasteiger partial charge in [-0.25, -0.2) is 0 Å². The van der Waals surface area contributed by atoms with Crippen molar-refractivity contribution in [2.24, 2.45) is 17.6 Å². The van der Waals surface area contributed by atoms with Gasteiger partial charge in [-0.3, -0.25) is 0 Å². The molecule has 0 heterocycles. The number of aliphatic hydroxyl groups excluding tert-OH is 3. The summed E-state index contributed by atoms with van der Waals surface area (Å²) in [5.41, 5.74) is 5.22. The maximum absolute atomic E-state index is 8.98. The lowest BCUT2D eigenvalue weighted by atomic mass is 9.93. The molecular formula is C8H19NO3. The van der Waals surface area contributed by atoms with Crippen molar-refractivity contribution < 1.29 is 15.3 Å². The lowest BCUT2D eigenvalue weighted by molar-refractivity contribution is 0.0560. The minimum atomic E-state index is -0.962. The Balaban J connectivity index is 3.69. The number of nitrogens with two attached hydrogens (primary N) is 1. The van der Waals surface area contributed by atoms with E-state index in [1.165, 1.54) is 0 Å². The van der Waals surface area contributed by atoms with Crippen molar-refractivity contribution in [3.63, 3.8) is 0 Å². The summed E-state index contributed by atoms with van der Waals surface area (Å²) in [6.07, 6.45) is 0.369. The second kappa shape index (κ2) is 6.37. The van der Waals surface area contributed by atoms with E-state index in [0.29, 0.717) is 12.8 Å². The van der Waals surface area contributed by atoms with Gasteiger partial charge in [-0.2, -0.15) is 0 Å². The topological polar surface area (TPSA) is 86.7 Å². The van der Waals surface area contributed by atoms with E-state index in [9.17, 15) is 0 Å². The molecule has 0 bridgehead atoms. The molecular weight excluding hydrogens is 158 g/mol. The van der Waals surface area contributed by atoms with E-state index in [1.807, 2.05) is 6.92 Å². The smallest absolute Gasteiger partial charge is 0.107 e. The molecule has 0 aromatic rings. The van der Waals surface area contributed by atoms with E-state index in [1.54, 1.807) is 0 Å². The fourth-order valence-corrected chi connectivity index (χ4v) is 1.18. The molecule has 0 aromatic heterocycles. The highest BCUT2D eigenvalue weighted by atomic mass is 16.3. The van der Waals surface area contributed by atoms with E-state index in [0.717, 1.165) is 0 Å². The van der Waals surface area contributed by atoms with E-state index in [2.05, 4.69) is 0 Å². The average molecular weight is 177 g/mol. The Morgan fingerprint density at radius 3 is 2.25 bits per heavy atom. The third kappa shape index (κ3) is 4.66.